The number of fused-ring (bicyclic) bond motifs is 1. The largest absolute Gasteiger partial charge is 0.493 e. The third kappa shape index (κ3) is 5.16. The molecule has 0 fully saturated rings. The normalized spacial score (nSPS) is 10.9. The van der Waals surface area contributed by atoms with Gasteiger partial charge in [-0.3, -0.25) is 14.2 Å². The molecule has 0 spiro atoms. The van der Waals surface area contributed by atoms with E-state index in [1.807, 2.05) is 26.0 Å². The zero-order valence-electron chi connectivity index (χ0n) is 18.8. The molecule has 1 aromatic heterocycles. The molecule has 0 atom stereocenters. The second-order valence-corrected chi connectivity index (χ2v) is 8.41. The number of hydrogen-bond acceptors (Lipinski definition) is 7. The van der Waals surface area contributed by atoms with Crippen molar-refractivity contribution in [2.75, 3.05) is 32.4 Å². The number of hydrogen-bond donors (Lipinski definition) is 1. The molecule has 3 aromatic rings. The fourth-order valence-corrected chi connectivity index (χ4v) is 4.07. The molecule has 170 valence electrons. The highest BCUT2D eigenvalue weighted by Gasteiger charge is 2.17. The van der Waals surface area contributed by atoms with Gasteiger partial charge in [-0.2, -0.15) is 0 Å². The van der Waals surface area contributed by atoms with Crippen LogP contribution in [-0.4, -0.2) is 42.5 Å². The number of methoxy groups -OCH3 is 3. The van der Waals surface area contributed by atoms with E-state index in [1.54, 1.807) is 28.8 Å². The summed E-state index contributed by atoms with van der Waals surface area (Å²) >= 11 is 1.23. The number of ether oxygens (including phenoxy) is 3. The van der Waals surface area contributed by atoms with Crippen LogP contribution in [0.5, 0.6) is 17.2 Å². The van der Waals surface area contributed by atoms with Crippen molar-refractivity contribution in [2.24, 2.45) is 5.92 Å². The maximum atomic E-state index is 13.0. The summed E-state index contributed by atoms with van der Waals surface area (Å²) in [4.78, 5) is 30.3. The first kappa shape index (κ1) is 23.5. The smallest absolute Gasteiger partial charge is 0.262 e. The number of carbonyl (C=O) groups is 1. The topological polar surface area (TPSA) is 91.7 Å². The van der Waals surface area contributed by atoms with Crippen molar-refractivity contribution in [3.63, 3.8) is 0 Å². The third-order valence-corrected chi connectivity index (χ3v) is 5.63. The quantitative estimate of drug-likeness (QED) is 0.386. The lowest BCUT2D eigenvalue weighted by Gasteiger charge is -2.16. The van der Waals surface area contributed by atoms with Gasteiger partial charge in [-0.1, -0.05) is 37.7 Å². The lowest BCUT2D eigenvalue weighted by Crippen LogP contribution is -2.26. The zero-order valence-corrected chi connectivity index (χ0v) is 19.6. The van der Waals surface area contributed by atoms with Crippen LogP contribution in [0.4, 0.5) is 5.69 Å². The van der Waals surface area contributed by atoms with Crippen molar-refractivity contribution in [1.82, 2.24) is 9.55 Å². The van der Waals surface area contributed by atoms with Gasteiger partial charge in [-0.05, 0) is 18.1 Å². The van der Waals surface area contributed by atoms with E-state index in [4.69, 9.17) is 14.2 Å². The fourth-order valence-electron chi connectivity index (χ4n) is 3.26. The van der Waals surface area contributed by atoms with Gasteiger partial charge in [0.25, 0.3) is 5.56 Å². The molecule has 0 saturated heterocycles. The van der Waals surface area contributed by atoms with Gasteiger partial charge < -0.3 is 19.5 Å². The van der Waals surface area contributed by atoms with Crippen molar-refractivity contribution in [2.45, 2.75) is 25.5 Å². The Bertz CT molecular complexity index is 1150. The van der Waals surface area contributed by atoms with E-state index in [9.17, 15) is 9.59 Å². The Morgan fingerprint density at radius 3 is 2.34 bits per heavy atom. The lowest BCUT2D eigenvalue weighted by molar-refractivity contribution is -0.113. The first-order valence-corrected chi connectivity index (χ1v) is 11.1. The number of amides is 1. The van der Waals surface area contributed by atoms with Crippen LogP contribution in [0.3, 0.4) is 0 Å². The third-order valence-electron chi connectivity index (χ3n) is 4.66. The molecule has 8 nitrogen and oxygen atoms in total. The van der Waals surface area contributed by atoms with Gasteiger partial charge in [0.1, 0.15) is 0 Å². The van der Waals surface area contributed by atoms with E-state index < -0.39 is 0 Å². The Morgan fingerprint density at radius 1 is 1.09 bits per heavy atom. The monoisotopic (exact) mass is 457 g/mol. The summed E-state index contributed by atoms with van der Waals surface area (Å²) in [6.45, 7) is 4.59. The maximum absolute atomic E-state index is 13.0. The Kier molecular flexibility index (Phi) is 7.63. The minimum Gasteiger partial charge on any atom is -0.493 e. The highest BCUT2D eigenvalue weighted by atomic mass is 32.2. The van der Waals surface area contributed by atoms with Crippen LogP contribution in [0.15, 0.2) is 46.3 Å². The van der Waals surface area contributed by atoms with Crippen molar-refractivity contribution < 1.29 is 19.0 Å². The molecular formula is C23H27N3O5S. The highest BCUT2D eigenvalue weighted by Crippen LogP contribution is 2.40. The van der Waals surface area contributed by atoms with Gasteiger partial charge in [0.2, 0.25) is 11.7 Å². The van der Waals surface area contributed by atoms with Gasteiger partial charge in [0, 0.05) is 24.4 Å². The first-order chi connectivity index (χ1) is 15.4. The molecule has 0 radical (unpaired) electrons. The molecule has 1 amide bonds. The van der Waals surface area contributed by atoms with Crippen molar-refractivity contribution in [1.29, 1.82) is 0 Å². The molecule has 0 bridgehead atoms. The number of para-hydroxylation sites is 1. The Hall–Kier alpha value is -3.20. The summed E-state index contributed by atoms with van der Waals surface area (Å²) in [5, 5.41) is 3.92. The van der Waals surface area contributed by atoms with E-state index >= 15 is 0 Å². The molecule has 32 heavy (non-hydrogen) atoms. The number of thioether (sulfide) groups is 1. The number of anilines is 1. The van der Waals surface area contributed by atoms with Crippen LogP contribution in [0.25, 0.3) is 10.9 Å². The van der Waals surface area contributed by atoms with Gasteiger partial charge in [0.05, 0.1) is 38.0 Å². The Balaban J connectivity index is 1.82. The molecule has 1 N–H and O–H groups in total. The predicted octanol–water partition coefficient (Wildman–Crippen LogP) is 3.81. The zero-order chi connectivity index (χ0) is 23.3. The fraction of sp³-hybridized carbons (Fsp3) is 0.348. The molecule has 1 heterocycles. The lowest BCUT2D eigenvalue weighted by atomic mass is 10.2. The van der Waals surface area contributed by atoms with E-state index in [0.29, 0.717) is 45.5 Å². The Morgan fingerprint density at radius 2 is 1.75 bits per heavy atom. The number of benzene rings is 2. The van der Waals surface area contributed by atoms with Crippen LogP contribution < -0.4 is 25.1 Å². The van der Waals surface area contributed by atoms with Crippen LogP contribution in [0.2, 0.25) is 0 Å². The van der Waals surface area contributed by atoms with Crippen LogP contribution in [-0.2, 0) is 11.3 Å². The number of aromatic nitrogens is 2. The Labute approximate surface area is 190 Å². The molecule has 9 heteroatoms. The van der Waals surface area contributed by atoms with Gasteiger partial charge in [-0.15, -0.1) is 0 Å². The average molecular weight is 458 g/mol. The van der Waals surface area contributed by atoms with E-state index in [2.05, 4.69) is 10.3 Å². The van der Waals surface area contributed by atoms with Gasteiger partial charge >= 0.3 is 0 Å². The highest BCUT2D eigenvalue weighted by molar-refractivity contribution is 7.99. The van der Waals surface area contributed by atoms with E-state index in [-0.39, 0.29) is 23.1 Å². The number of carbonyl (C=O) groups excluding carboxylic acids is 1. The second kappa shape index (κ2) is 10.4. The van der Waals surface area contributed by atoms with Crippen LogP contribution in [0, 0.1) is 5.92 Å². The maximum Gasteiger partial charge on any atom is 0.262 e. The summed E-state index contributed by atoms with van der Waals surface area (Å²) in [5.41, 5.74) is 1.03. The summed E-state index contributed by atoms with van der Waals surface area (Å²) < 4.78 is 17.6. The molecular weight excluding hydrogens is 430 g/mol. The molecule has 0 aliphatic carbocycles. The van der Waals surface area contributed by atoms with Crippen molar-refractivity contribution in [3.8, 4) is 17.2 Å². The molecule has 0 aliphatic rings. The van der Waals surface area contributed by atoms with Crippen LogP contribution >= 0.6 is 11.8 Å². The predicted molar refractivity (Wildman–Crippen MR) is 126 cm³/mol. The molecule has 0 aliphatic heterocycles. The van der Waals surface area contributed by atoms with Crippen LogP contribution in [0.1, 0.15) is 13.8 Å². The first-order valence-electron chi connectivity index (χ1n) is 10.1. The standard InChI is InChI=1S/C23H27N3O5S/c1-14(2)12-26-22(28)16-8-6-7-9-17(16)25-23(26)32-13-20(27)24-15-10-18(29-3)21(31-5)19(11-15)30-4/h6-11,14H,12-13H2,1-5H3,(H,24,27). The number of rotatable bonds is 9. The average Bonchev–Trinajstić information content (AvgIpc) is 2.78. The minimum atomic E-state index is -0.247. The summed E-state index contributed by atoms with van der Waals surface area (Å²) in [5.74, 6) is 1.42. The summed E-state index contributed by atoms with van der Waals surface area (Å²) in [6, 6.07) is 10.6. The second-order valence-electron chi connectivity index (χ2n) is 7.47. The molecule has 3 rings (SSSR count). The number of nitrogens with one attached hydrogen (secondary N) is 1. The van der Waals surface area contributed by atoms with Crippen molar-refractivity contribution >= 4 is 34.3 Å². The number of nitrogens with zero attached hydrogens (tertiary/aromatic N) is 2. The summed E-state index contributed by atoms with van der Waals surface area (Å²) in [6.07, 6.45) is 0. The SMILES string of the molecule is COc1cc(NC(=O)CSc2nc3ccccc3c(=O)n2CC(C)C)cc(OC)c1OC. The van der Waals surface area contributed by atoms with Gasteiger partial charge in [-0.25, -0.2) is 4.98 Å². The van der Waals surface area contributed by atoms with Crippen molar-refractivity contribution in [3.05, 3.63) is 46.8 Å². The minimum absolute atomic E-state index is 0.0829. The van der Waals surface area contributed by atoms with E-state index in [0.717, 1.165) is 0 Å². The van der Waals surface area contributed by atoms with Gasteiger partial charge in [0.15, 0.2) is 16.7 Å². The summed E-state index contributed by atoms with van der Waals surface area (Å²) in [7, 11) is 4.54. The van der Waals surface area contributed by atoms with E-state index in [1.165, 1.54) is 33.1 Å². The molecule has 2 aromatic carbocycles. The molecule has 0 unspecified atom stereocenters. The molecule has 0 saturated carbocycles.